The van der Waals surface area contributed by atoms with E-state index in [9.17, 15) is 18.0 Å². The Morgan fingerprint density at radius 2 is 2.00 bits per heavy atom. The van der Waals surface area contributed by atoms with Gasteiger partial charge in [-0.15, -0.1) is 0 Å². The van der Waals surface area contributed by atoms with E-state index in [4.69, 9.17) is 5.73 Å². The third-order valence-electron chi connectivity index (χ3n) is 2.50. The number of nitrogens with two attached hydrogens (primary N) is 1. The molecule has 0 amide bonds. The molecule has 0 aliphatic rings. The first kappa shape index (κ1) is 14.5. The topological polar surface area (TPSA) is 52.3 Å². The predicted octanol–water partition coefficient (Wildman–Crippen LogP) is 2.82. The summed E-state index contributed by atoms with van der Waals surface area (Å²) in [5, 5.41) is 0. The Bertz CT molecular complexity index is 418. The van der Waals surface area contributed by atoms with Crippen molar-refractivity contribution >= 4 is 5.97 Å². The normalized spacial score (nSPS) is 13.2. The molecular weight excluding hydrogens is 247 g/mol. The van der Waals surface area contributed by atoms with Crippen molar-refractivity contribution in [1.82, 2.24) is 0 Å². The zero-order valence-corrected chi connectivity index (χ0v) is 9.83. The van der Waals surface area contributed by atoms with Gasteiger partial charge in [0, 0.05) is 12.5 Å². The van der Waals surface area contributed by atoms with Crippen LogP contribution in [0.5, 0.6) is 0 Å². The Labute approximate surface area is 103 Å². The molecule has 2 N–H and O–H groups in total. The highest BCUT2D eigenvalue weighted by atomic mass is 19.4. The van der Waals surface area contributed by atoms with Gasteiger partial charge in [-0.2, -0.15) is 13.2 Å². The summed E-state index contributed by atoms with van der Waals surface area (Å²) in [6.07, 6.45) is -5.50. The van der Waals surface area contributed by atoms with Gasteiger partial charge in [-0.05, 0) is 18.1 Å². The second kappa shape index (κ2) is 5.86. The summed E-state index contributed by atoms with van der Waals surface area (Å²) in [5.41, 5.74) is 6.26. The SMILES string of the molecule is COC(=O)c1ccccc1[C@H](N)CCC(F)(F)F. The van der Waals surface area contributed by atoms with Crippen LogP contribution in [0.2, 0.25) is 0 Å². The number of alkyl halides is 3. The average Bonchev–Trinajstić information content (AvgIpc) is 2.34. The van der Waals surface area contributed by atoms with Crippen molar-refractivity contribution in [3.63, 3.8) is 0 Å². The van der Waals surface area contributed by atoms with E-state index in [1.807, 2.05) is 0 Å². The number of carbonyl (C=O) groups excluding carboxylic acids is 1. The molecule has 1 rings (SSSR count). The van der Waals surface area contributed by atoms with Crippen LogP contribution in [0.15, 0.2) is 24.3 Å². The molecule has 0 heterocycles. The molecule has 0 aliphatic heterocycles. The molecular formula is C12H14F3NO2. The first-order valence-electron chi connectivity index (χ1n) is 5.34. The molecule has 0 fully saturated rings. The second-order valence-electron chi connectivity index (χ2n) is 3.84. The van der Waals surface area contributed by atoms with E-state index in [1.54, 1.807) is 12.1 Å². The number of ether oxygens (including phenoxy) is 1. The third kappa shape index (κ3) is 4.03. The lowest BCUT2D eigenvalue weighted by molar-refractivity contribution is -0.136. The molecule has 0 spiro atoms. The van der Waals surface area contributed by atoms with Gasteiger partial charge in [0.15, 0.2) is 0 Å². The van der Waals surface area contributed by atoms with Gasteiger partial charge < -0.3 is 10.5 Å². The highest BCUT2D eigenvalue weighted by molar-refractivity contribution is 5.91. The first-order valence-corrected chi connectivity index (χ1v) is 5.34. The number of carbonyl (C=O) groups is 1. The summed E-state index contributed by atoms with van der Waals surface area (Å²) in [4.78, 5) is 11.4. The molecule has 100 valence electrons. The molecule has 1 aromatic rings. The average molecular weight is 261 g/mol. The van der Waals surface area contributed by atoms with Crippen molar-refractivity contribution in [3.05, 3.63) is 35.4 Å². The van der Waals surface area contributed by atoms with Gasteiger partial charge >= 0.3 is 12.1 Å². The van der Waals surface area contributed by atoms with Crippen molar-refractivity contribution < 1.29 is 22.7 Å². The van der Waals surface area contributed by atoms with Gasteiger partial charge in [0.05, 0.1) is 12.7 Å². The molecule has 0 aliphatic carbocycles. The summed E-state index contributed by atoms with van der Waals surface area (Å²) >= 11 is 0. The van der Waals surface area contributed by atoms with Gasteiger partial charge in [-0.1, -0.05) is 18.2 Å². The molecule has 6 heteroatoms. The van der Waals surface area contributed by atoms with Gasteiger partial charge in [0.1, 0.15) is 0 Å². The Morgan fingerprint density at radius 1 is 1.39 bits per heavy atom. The number of rotatable bonds is 4. The molecule has 1 aromatic carbocycles. The Hall–Kier alpha value is -1.56. The Balaban J connectivity index is 2.85. The van der Waals surface area contributed by atoms with Crippen LogP contribution in [0.3, 0.4) is 0 Å². The van der Waals surface area contributed by atoms with E-state index >= 15 is 0 Å². The van der Waals surface area contributed by atoms with E-state index in [2.05, 4.69) is 4.74 Å². The number of esters is 1. The van der Waals surface area contributed by atoms with Crippen molar-refractivity contribution in [2.45, 2.75) is 25.1 Å². The van der Waals surface area contributed by atoms with E-state index < -0.39 is 24.6 Å². The fourth-order valence-electron chi connectivity index (χ4n) is 1.59. The van der Waals surface area contributed by atoms with Gasteiger partial charge in [-0.25, -0.2) is 4.79 Å². The van der Waals surface area contributed by atoms with Crippen LogP contribution in [-0.4, -0.2) is 19.3 Å². The highest BCUT2D eigenvalue weighted by Crippen LogP contribution is 2.27. The summed E-state index contributed by atoms with van der Waals surface area (Å²) in [6.45, 7) is 0. The second-order valence-corrected chi connectivity index (χ2v) is 3.84. The van der Waals surface area contributed by atoms with Gasteiger partial charge in [0.25, 0.3) is 0 Å². The lowest BCUT2D eigenvalue weighted by atomic mass is 9.97. The number of hydrogen-bond donors (Lipinski definition) is 1. The smallest absolute Gasteiger partial charge is 0.389 e. The number of benzene rings is 1. The van der Waals surface area contributed by atoms with E-state index in [0.29, 0.717) is 5.56 Å². The molecule has 18 heavy (non-hydrogen) atoms. The van der Waals surface area contributed by atoms with Crippen LogP contribution in [-0.2, 0) is 4.74 Å². The number of methoxy groups -OCH3 is 1. The third-order valence-corrected chi connectivity index (χ3v) is 2.50. The zero-order valence-electron chi connectivity index (χ0n) is 9.83. The molecule has 0 unspecified atom stereocenters. The van der Waals surface area contributed by atoms with Gasteiger partial charge in [0.2, 0.25) is 0 Å². The van der Waals surface area contributed by atoms with E-state index in [0.717, 1.165) is 0 Å². The molecule has 1 atom stereocenters. The number of halogens is 3. The zero-order chi connectivity index (χ0) is 13.8. The summed E-state index contributed by atoms with van der Waals surface area (Å²) in [7, 11) is 1.21. The fraction of sp³-hybridized carbons (Fsp3) is 0.417. The molecule has 0 saturated heterocycles. The summed E-state index contributed by atoms with van der Waals surface area (Å²) in [6, 6.07) is 5.39. The highest BCUT2D eigenvalue weighted by Gasteiger charge is 2.28. The standard InChI is InChI=1S/C12H14F3NO2/c1-18-11(17)9-5-3-2-4-8(9)10(16)6-7-12(13,14)15/h2-5,10H,6-7,16H2,1H3/t10-/m1/s1. The molecule has 3 nitrogen and oxygen atoms in total. The quantitative estimate of drug-likeness (QED) is 0.848. The lowest BCUT2D eigenvalue weighted by Crippen LogP contribution is -2.18. The molecule has 0 aromatic heterocycles. The van der Waals surface area contributed by atoms with Crippen LogP contribution in [0.4, 0.5) is 13.2 Å². The monoisotopic (exact) mass is 261 g/mol. The lowest BCUT2D eigenvalue weighted by Gasteiger charge is -2.16. The Morgan fingerprint density at radius 3 is 2.56 bits per heavy atom. The van der Waals surface area contributed by atoms with Crippen LogP contribution in [0.1, 0.15) is 34.8 Å². The first-order chi connectivity index (χ1) is 8.35. The van der Waals surface area contributed by atoms with Crippen LogP contribution in [0, 0.1) is 0 Å². The molecule has 0 bridgehead atoms. The van der Waals surface area contributed by atoms with Crippen LogP contribution < -0.4 is 5.73 Å². The summed E-state index contributed by atoms with van der Waals surface area (Å²) in [5.74, 6) is -0.604. The van der Waals surface area contributed by atoms with Crippen LogP contribution in [0.25, 0.3) is 0 Å². The Kier molecular flexibility index (Phi) is 4.72. The maximum Gasteiger partial charge on any atom is 0.389 e. The summed E-state index contributed by atoms with van der Waals surface area (Å²) < 4.78 is 40.9. The van der Waals surface area contributed by atoms with Crippen molar-refractivity contribution in [1.29, 1.82) is 0 Å². The minimum atomic E-state index is -4.25. The van der Waals surface area contributed by atoms with Crippen molar-refractivity contribution in [3.8, 4) is 0 Å². The predicted molar refractivity (Wildman–Crippen MR) is 60.0 cm³/mol. The minimum absolute atomic E-state index is 0.203. The molecule has 0 radical (unpaired) electrons. The van der Waals surface area contributed by atoms with Gasteiger partial charge in [-0.3, -0.25) is 0 Å². The van der Waals surface area contributed by atoms with Crippen molar-refractivity contribution in [2.24, 2.45) is 5.73 Å². The van der Waals surface area contributed by atoms with Crippen LogP contribution >= 0.6 is 0 Å². The molecule has 0 saturated carbocycles. The number of hydrogen-bond acceptors (Lipinski definition) is 3. The van der Waals surface area contributed by atoms with Crippen molar-refractivity contribution in [2.75, 3.05) is 7.11 Å². The maximum absolute atomic E-state index is 12.1. The largest absolute Gasteiger partial charge is 0.465 e. The minimum Gasteiger partial charge on any atom is -0.465 e. The fourth-order valence-corrected chi connectivity index (χ4v) is 1.59. The maximum atomic E-state index is 12.1. The van der Waals surface area contributed by atoms with E-state index in [1.165, 1.54) is 19.2 Å². The van der Waals surface area contributed by atoms with E-state index in [-0.39, 0.29) is 12.0 Å².